The highest BCUT2D eigenvalue weighted by Crippen LogP contribution is 2.60. The van der Waals surface area contributed by atoms with Gasteiger partial charge in [-0.25, -0.2) is 0 Å². The maximum absolute atomic E-state index is 14.4. The second-order valence-electron chi connectivity index (χ2n) is 11.7. The Hall–Kier alpha value is -2.66. The first-order valence-electron chi connectivity index (χ1n) is 14.4. The fourth-order valence-electron chi connectivity index (χ4n) is 6.89. The summed E-state index contributed by atoms with van der Waals surface area (Å²) in [4.78, 5) is 43.6. The molecule has 3 saturated heterocycles. The van der Waals surface area contributed by atoms with E-state index in [2.05, 4.69) is 26.6 Å². The van der Waals surface area contributed by atoms with E-state index >= 15 is 0 Å². The number of likely N-dealkylation sites (tertiary alicyclic amines) is 1. The zero-order valence-corrected chi connectivity index (χ0v) is 26.4. The quantitative estimate of drug-likeness (QED) is 0.316. The molecule has 3 amide bonds. The maximum Gasteiger partial charge on any atom is 0.250 e. The molecule has 1 spiro atoms. The van der Waals surface area contributed by atoms with Gasteiger partial charge in [-0.2, -0.15) is 0 Å². The van der Waals surface area contributed by atoms with Crippen LogP contribution in [-0.2, 0) is 19.1 Å². The van der Waals surface area contributed by atoms with Gasteiger partial charge in [0.05, 0.1) is 47.9 Å². The fraction of sp³-hybridized carbons (Fsp3) is 0.516. The lowest BCUT2D eigenvalue weighted by atomic mass is 9.70. The highest BCUT2D eigenvalue weighted by Gasteiger charge is 2.77. The van der Waals surface area contributed by atoms with Crippen LogP contribution in [0.25, 0.3) is 0 Å². The first-order valence-corrected chi connectivity index (χ1v) is 15.7. The summed E-state index contributed by atoms with van der Waals surface area (Å²) in [6.45, 7) is 7.92. The molecule has 0 aromatic heterocycles. The first kappa shape index (κ1) is 30.8. The van der Waals surface area contributed by atoms with Crippen molar-refractivity contribution in [1.82, 2.24) is 4.90 Å². The molecular formula is C31H37BrClN3O6. The number of benzene rings is 2. The van der Waals surface area contributed by atoms with E-state index in [4.69, 9.17) is 21.1 Å². The van der Waals surface area contributed by atoms with E-state index in [0.717, 1.165) is 5.56 Å². The number of nitrogens with zero attached hydrogens (tertiary/aromatic N) is 1. The zero-order valence-electron chi connectivity index (χ0n) is 24.1. The van der Waals surface area contributed by atoms with E-state index in [1.54, 1.807) is 36.4 Å². The van der Waals surface area contributed by atoms with E-state index in [1.165, 1.54) is 4.90 Å². The van der Waals surface area contributed by atoms with Gasteiger partial charge < -0.3 is 30.1 Å². The van der Waals surface area contributed by atoms with Crippen LogP contribution in [0.3, 0.4) is 0 Å². The van der Waals surface area contributed by atoms with Gasteiger partial charge in [0.25, 0.3) is 0 Å². The minimum Gasteiger partial charge on any atom is -0.494 e. The van der Waals surface area contributed by atoms with Crippen molar-refractivity contribution in [2.24, 2.45) is 17.8 Å². The molecule has 3 fully saturated rings. The number of halogens is 2. The minimum absolute atomic E-state index is 0.141. The Kier molecular flexibility index (Phi) is 8.90. The molecule has 2 aromatic rings. The Morgan fingerprint density at radius 2 is 1.90 bits per heavy atom. The molecule has 3 unspecified atom stereocenters. The molecule has 7 atom stereocenters. The zero-order chi connectivity index (χ0) is 30.3. The summed E-state index contributed by atoms with van der Waals surface area (Å²) in [6.07, 6.45) is 0.222. The van der Waals surface area contributed by atoms with Crippen molar-refractivity contribution in [1.29, 1.82) is 0 Å². The van der Waals surface area contributed by atoms with Crippen LogP contribution in [0.5, 0.6) is 5.75 Å². The van der Waals surface area contributed by atoms with Gasteiger partial charge >= 0.3 is 0 Å². The van der Waals surface area contributed by atoms with Gasteiger partial charge in [0.1, 0.15) is 17.4 Å². The van der Waals surface area contributed by atoms with Gasteiger partial charge in [-0.3, -0.25) is 14.4 Å². The van der Waals surface area contributed by atoms with Crippen LogP contribution in [0.2, 0.25) is 5.02 Å². The number of aliphatic hydroxyl groups excluding tert-OH is 1. The number of rotatable bonds is 10. The molecule has 11 heteroatoms. The number of alkyl halides is 1. The number of carbonyl (C=O) groups is 3. The molecule has 3 aliphatic heterocycles. The van der Waals surface area contributed by atoms with Crippen LogP contribution in [0, 0.1) is 24.7 Å². The number of nitrogens with one attached hydrogen (secondary N) is 2. The van der Waals surface area contributed by atoms with Crippen LogP contribution >= 0.6 is 27.5 Å². The summed E-state index contributed by atoms with van der Waals surface area (Å²) in [5.41, 5.74) is 0.517. The lowest BCUT2D eigenvalue weighted by molar-refractivity contribution is -0.143. The van der Waals surface area contributed by atoms with Crippen LogP contribution in [0.15, 0.2) is 42.5 Å². The van der Waals surface area contributed by atoms with Crippen molar-refractivity contribution in [3.8, 4) is 5.75 Å². The van der Waals surface area contributed by atoms with E-state index < -0.39 is 41.5 Å². The molecule has 9 nitrogen and oxygen atoms in total. The number of anilines is 2. The second-order valence-corrected chi connectivity index (χ2v) is 13.3. The summed E-state index contributed by atoms with van der Waals surface area (Å²) in [5.74, 6) is -2.10. The molecule has 0 saturated carbocycles. The summed E-state index contributed by atoms with van der Waals surface area (Å²) >= 11 is 10.1. The van der Waals surface area contributed by atoms with Crippen LogP contribution in [0.4, 0.5) is 11.4 Å². The summed E-state index contributed by atoms with van der Waals surface area (Å²) in [6, 6.07) is 10.6. The summed E-state index contributed by atoms with van der Waals surface area (Å²) < 4.78 is 12.1. The highest BCUT2D eigenvalue weighted by molar-refractivity contribution is 9.09. The Balaban J connectivity index is 1.52. The number of hydrogen-bond donors (Lipinski definition) is 3. The topological polar surface area (TPSA) is 117 Å². The smallest absolute Gasteiger partial charge is 0.250 e. The maximum atomic E-state index is 14.4. The average molecular weight is 663 g/mol. The van der Waals surface area contributed by atoms with Gasteiger partial charge in [-0.1, -0.05) is 53.5 Å². The SMILES string of the molecule is CCOc1ccc(NC(=O)[C@H]2[C@H]3C(=O)N([C@@H](CO)CC(C)C)C(C(=O)Nc4c(C)cccc4Cl)C34CC(Br)[C@@H]2O4)cc1. The Morgan fingerprint density at radius 3 is 2.52 bits per heavy atom. The Morgan fingerprint density at radius 1 is 1.19 bits per heavy atom. The average Bonchev–Trinajstić information content (AvgIpc) is 3.54. The second kappa shape index (κ2) is 12.1. The third-order valence-corrected chi connectivity index (χ3v) is 9.69. The van der Waals surface area contributed by atoms with Crippen molar-refractivity contribution < 1.29 is 29.0 Å². The molecule has 42 heavy (non-hydrogen) atoms. The fourth-order valence-corrected chi connectivity index (χ4v) is 8.10. The normalized spacial score (nSPS) is 28.6. The molecular weight excluding hydrogens is 626 g/mol. The lowest BCUT2D eigenvalue weighted by Gasteiger charge is -2.37. The molecule has 2 aromatic carbocycles. The first-order chi connectivity index (χ1) is 20.0. The molecule has 3 heterocycles. The number of para-hydroxylation sites is 1. The predicted molar refractivity (Wildman–Crippen MR) is 164 cm³/mol. The largest absolute Gasteiger partial charge is 0.494 e. The van der Waals surface area contributed by atoms with Gasteiger partial charge in [-0.15, -0.1) is 0 Å². The lowest BCUT2D eigenvalue weighted by Crippen LogP contribution is -2.57. The number of fused-ring (bicyclic) bond motifs is 1. The molecule has 5 rings (SSSR count). The minimum atomic E-state index is -1.26. The molecule has 3 aliphatic rings. The standard InChI is InChI=1S/C31H37BrClN3O6/c1-5-41-20-11-9-18(10-12-20)34-28(38)23-24-30(40)36(19(15-37)13-16(2)3)27(31(24)14-21(32)26(23)42-31)29(39)35-25-17(4)7-6-8-22(25)33/h6-12,16,19,21,23-24,26-27,37H,5,13-15H2,1-4H3,(H,34,38)(H,35,39)/t19-,21?,23+,24+,26+,27?,31?/m1/s1. The third-order valence-electron chi connectivity index (χ3n) is 8.53. The van der Waals surface area contributed by atoms with Gasteiger partial charge in [0.15, 0.2) is 0 Å². The summed E-state index contributed by atoms with van der Waals surface area (Å²) in [5, 5.41) is 16.7. The summed E-state index contributed by atoms with van der Waals surface area (Å²) in [7, 11) is 0. The Labute approximate surface area is 259 Å². The molecule has 2 bridgehead atoms. The molecule has 0 radical (unpaired) electrons. The van der Waals surface area contributed by atoms with Crippen LogP contribution < -0.4 is 15.4 Å². The number of hydrogen-bond acceptors (Lipinski definition) is 6. The van der Waals surface area contributed by atoms with Crippen molar-refractivity contribution in [3.05, 3.63) is 53.1 Å². The molecule has 3 N–H and O–H groups in total. The van der Waals surface area contributed by atoms with Gasteiger partial charge in [0.2, 0.25) is 17.7 Å². The van der Waals surface area contributed by atoms with Crippen LogP contribution in [0.1, 0.15) is 39.2 Å². The Bertz CT molecular complexity index is 1340. The van der Waals surface area contributed by atoms with E-state index in [9.17, 15) is 19.5 Å². The number of amides is 3. The molecule has 226 valence electrons. The van der Waals surface area contributed by atoms with Crippen molar-refractivity contribution in [2.45, 2.75) is 69.2 Å². The van der Waals surface area contributed by atoms with Crippen molar-refractivity contribution in [2.75, 3.05) is 23.8 Å². The number of aryl methyl sites for hydroxylation is 1. The third kappa shape index (κ3) is 5.31. The van der Waals surface area contributed by atoms with Gasteiger partial charge in [0, 0.05) is 10.5 Å². The predicted octanol–water partition coefficient (Wildman–Crippen LogP) is 4.78. The molecule has 0 aliphatic carbocycles. The monoisotopic (exact) mass is 661 g/mol. The van der Waals surface area contributed by atoms with Crippen molar-refractivity contribution in [3.63, 3.8) is 0 Å². The van der Waals surface area contributed by atoms with E-state index in [0.29, 0.717) is 41.6 Å². The van der Waals surface area contributed by atoms with Gasteiger partial charge in [-0.05, 0) is 68.5 Å². The van der Waals surface area contributed by atoms with Crippen molar-refractivity contribution >= 4 is 56.6 Å². The van der Waals surface area contributed by atoms with E-state index in [-0.39, 0.29) is 29.2 Å². The number of ether oxygens (including phenoxy) is 2. The highest BCUT2D eigenvalue weighted by atomic mass is 79.9. The number of aliphatic hydroxyl groups is 1. The van der Waals surface area contributed by atoms with Crippen LogP contribution in [-0.4, -0.2) is 69.6 Å². The number of carbonyl (C=O) groups excluding carboxylic acids is 3. The van der Waals surface area contributed by atoms with E-state index in [1.807, 2.05) is 33.8 Å².